The molecule has 0 bridgehead atoms. The van der Waals surface area contributed by atoms with E-state index in [1.807, 2.05) is 19.2 Å². The predicted molar refractivity (Wildman–Crippen MR) is 149 cm³/mol. The fraction of sp³-hybridized carbons (Fsp3) is 0.630. The first kappa shape index (κ1) is 29.5. The van der Waals surface area contributed by atoms with Crippen LogP contribution < -0.4 is 4.74 Å². The van der Waals surface area contributed by atoms with Gasteiger partial charge in [-0.05, 0) is 45.4 Å². The lowest BCUT2D eigenvalue weighted by Crippen LogP contribution is -2.54. The second-order valence-electron chi connectivity index (χ2n) is 10.2. The van der Waals surface area contributed by atoms with Crippen LogP contribution in [-0.4, -0.2) is 75.1 Å². The maximum absolute atomic E-state index is 12.0. The molecule has 2 heterocycles. The molecule has 0 radical (unpaired) electrons. The van der Waals surface area contributed by atoms with Gasteiger partial charge in [-0.15, -0.1) is 23.5 Å². The Kier molecular flexibility index (Phi) is 10.1. The summed E-state index contributed by atoms with van der Waals surface area (Å²) in [6, 6.07) is 5.52. The van der Waals surface area contributed by atoms with Crippen molar-refractivity contribution in [2.45, 2.75) is 83.9 Å². The minimum absolute atomic E-state index is 0.00193. The molecule has 0 spiro atoms. The number of hydrogen-bond donors (Lipinski definition) is 1. The zero-order valence-electron chi connectivity index (χ0n) is 22.5. The van der Waals surface area contributed by atoms with Gasteiger partial charge in [-0.2, -0.15) is 0 Å². The van der Waals surface area contributed by atoms with Crippen LogP contribution in [0, 0.1) is 5.41 Å². The van der Waals surface area contributed by atoms with Crippen molar-refractivity contribution in [2.75, 3.05) is 18.6 Å². The zero-order chi connectivity index (χ0) is 27.3. The average molecular weight is 551 g/mol. The standard InChI is InChI=1S/C27H38N2O6S2/c1-7-8-9-11-18-12-10-13-21(34-16(2)30)22(18)24-28-19(14-36-24)25-29(6)20(15-37-25)23(35-17(3)31)27(4,5)26(32)33/h10,12-13,19-20,23,25H,7-9,11,14-15H2,1-6H3,(H,32,33)/t19-,20-,23-,25+/m1/s1. The van der Waals surface area contributed by atoms with Crippen molar-refractivity contribution in [3.63, 3.8) is 0 Å². The summed E-state index contributed by atoms with van der Waals surface area (Å²) in [5, 5.41) is 10.7. The molecule has 3 rings (SSSR count). The number of carbonyl (C=O) groups is 3. The highest BCUT2D eigenvalue weighted by Crippen LogP contribution is 2.42. The molecule has 10 heteroatoms. The van der Waals surface area contributed by atoms with Gasteiger partial charge in [-0.3, -0.25) is 24.3 Å². The predicted octanol–water partition coefficient (Wildman–Crippen LogP) is 4.62. The van der Waals surface area contributed by atoms with E-state index in [0.29, 0.717) is 11.5 Å². The molecule has 1 aromatic carbocycles. The van der Waals surface area contributed by atoms with Crippen LogP contribution in [0.5, 0.6) is 5.75 Å². The Bertz CT molecular complexity index is 1040. The normalized spacial score (nSPS) is 23.0. The summed E-state index contributed by atoms with van der Waals surface area (Å²) in [5.74, 6) is 0.0719. The molecule has 8 nitrogen and oxygen atoms in total. The van der Waals surface area contributed by atoms with E-state index in [4.69, 9.17) is 14.5 Å². The molecule has 0 amide bonds. The number of likely N-dealkylation sites (N-methyl/N-ethyl adjacent to an activating group) is 1. The first-order chi connectivity index (χ1) is 17.5. The van der Waals surface area contributed by atoms with Crippen LogP contribution in [0.2, 0.25) is 0 Å². The molecule has 0 saturated carbocycles. The van der Waals surface area contributed by atoms with Gasteiger partial charge in [0.2, 0.25) is 0 Å². The van der Waals surface area contributed by atoms with Crippen molar-refractivity contribution in [1.82, 2.24) is 4.90 Å². The van der Waals surface area contributed by atoms with Crippen molar-refractivity contribution in [2.24, 2.45) is 10.4 Å². The number of carboxylic acid groups (broad SMARTS) is 1. The number of esters is 2. The quantitative estimate of drug-likeness (QED) is 0.240. The lowest BCUT2D eigenvalue weighted by Gasteiger charge is -2.38. The minimum Gasteiger partial charge on any atom is -0.481 e. The Hall–Kier alpha value is -2.04. The molecular weight excluding hydrogens is 512 g/mol. The van der Waals surface area contributed by atoms with Crippen LogP contribution in [0.4, 0.5) is 0 Å². The number of aliphatic carboxylic acids is 1. The summed E-state index contributed by atoms with van der Waals surface area (Å²) in [5.41, 5.74) is 0.783. The third kappa shape index (κ3) is 6.89. The molecule has 37 heavy (non-hydrogen) atoms. The van der Waals surface area contributed by atoms with Crippen LogP contribution in [0.3, 0.4) is 0 Å². The maximum atomic E-state index is 12.0. The molecule has 1 fully saturated rings. The van der Waals surface area contributed by atoms with Crippen molar-refractivity contribution >= 4 is 46.5 Å². The Balaban J connectivity index is 1.88. The first-order valence-corrected chi connectivity index (χ1v) is 14.8. The van der Waals surface area contributed by atoms with Gasteiger partial charge in [-0.1, -0.05) is 31.9 Å². The molecule has 1 N–H and O–H groups in total. The van der Waals surface area contributed by atoms with Gasteiger partial charge < -0.3 is 14.6 Å². The summed E-state index contributed by atoms with van der Waals surface area (Å²) in [6.07, 6.45) is 3.39. The van der Waals surface area contributed by atoms with Crippen LogP contribution in [0.25, 0.3) is 0 Å². The number of aliphatic imine (C=N–C) groups is 1. The summed E-state index contributed by atoms with van der Waals surface area (Å²) in [4.78, 5) is 42.9. The lowest BCUT2D eigenvalue weighted by molar-refractivity contribution is -0.169. The van der Waals surface area contributed by atoms with Crippen LogP contribution in [0.15, 0.2) is 23.2 Å². The fourth-order valence-electron chi connectivity index (χ4n) is 4.82. The molecular formula is C27H38N2O6S2. The number of benzene rings is 1. The molecule has 2 aliphatic heterocycles. The molecule has 1 saturated heterocycles. The Morgan fingerprint density at radius 3 is 2.54 bits per heavy atom. The van der Waals surface area contributed by atoms with E-state index in [1.165, 1.54) is 13.8 Å². The number of thioether (sulfide) groups is 2. The van der Waals surface area contributed by atoms with Crippen LogP contribution in [0.1, 0.15) is 65.0 Å². The summed E-state index contributed by atoms with van der Waals surface area (Å²) >= 11 is 3.37. The van der Waals surface area contributed by atoms with E-state index in [2.05, 4.69) is 17.9 Å². The van der Waals surface area contributed by atoms with Crippen molar-refractivity contribution in [3.05, 3.63) is 29.3 Å². The molecule has 0 aliphatic carbocycles. The van der Waals surface area contributed by atoms with E-state index in [9.17, 15) is 19.5 Å². The van der Waals surface area contributed by atoms with Crippen molar-refractivity contribution in [3.8, 4) is 5.75 Å². The summed E-state index contributed by atoms with van der Waals surface area (Å²) < 4.78 is 11.2. The number of ether oxygens (including phenoxy) is 2. The summed E-state index contributed by atoms with van der Waals surface area (Å²) in [6.45, 7) is 8.09. The Morgan fingerprint density at radius 1 is 1.19 bits per heavy atom. The third-order valence-electron chi connectivity index (χ3n) is 6.90. The number of carboxylic acids is 1. The highest BCUT2D eigenvalue weighted by atomic mass is 32.2. The van der Waals surface area contributed by atoms with Crippen LogP contribution in [-0.2, 0) is 25.5 Å². The smallest absolute Gasteiger partial charge is 0.312 e. The molecule has 2 aliphatic rings. The van der Waals surface area contributed by atoms with E-state index in [-0.39, 0.29) is 23.4 Å². The monoisotopic (exact) mass is 550 g/mol. The van der Waals surface area contributed by atoms with Crippen LogP contribution >= 0.6 is 23.5 Å². The fourth-order valence-corrected chi connectivity index (χ4v) is 7.69. The number of unbranched alkanes of at least 4 members (excludes halogenated alkanes) is 2. The highest BCUT2D eigenvalue weighted by Gasteiger charge is 2.50. The van der Waals surface area contributed by atoms with Gasteiger partial charge in [0.1, 0.15) is 22.3 Å². The number of aryl methyl sites for hydroxylation is 1. The first-order valence-electron chi connectivity index (χ1n) is 12.7. The van der Waals surface area contributed by atoms with E-state index < -0.39 is 23.5 Å². The molecule has 0 aromatic heterocycles. The number of rotatable bonds is 11. The van der Waals surface area contributed by atoms with Gasteiger partial charge in [0.05, 0.1) is 23.0 Å². The van der Waals surface area contributed by atoms with Gasteiger partial charge in [0.15, 0.2) is 0 Å². The lowest BCUT2D eigenvalue weighted by atomic mass is 9.82. The number of hydrogen-bond acceptors (Lipinski definition) is 9. The number of nitrogens with zero attached hydrogens (tertiary/aromatic N) is 2. The van der Waals surface area contributed by atoms with Gasteiger partial charge in [-0.25, -0.2) is 0 Å². The molecule has 4 atom stereocenters. The molecule has 0 unspecified atom stereocenters. The van der Waals surface area contributed by atoms with Crippen molar-refractivity contribution in [1.29, 1.82) is 0 Å². The SMILES string of the molecule is CCCCCc1cccc(OC(C)=O)c1C1=N[C@@H]([C@@H]2SC[C@H]([C@@H](OC(C)=O)C(C)(C)C(=O)O)N2C)CS1. The minimum atomic E-state index is -1.24. The van der Waals surface area contributed by atoms with Gasteiger partial charge >= 0.3 is 17.9 Å². The Labute approximate surface area is 227 Å². The Morgan fingerprint density at radius 2 is 1.92 bits per heavy atom. The van der Waals surface area contributed by atoms with E-state index in [0.717, 1.165) is 47.6 Å². The van der Waals surface area contributed by atoms with Gasteiger partial charge in [0.25, 0.3) is 0 Å². The second-order valence-corrected chi connectivity index (χ2v) is 12.3. The van der Waals surface area contributed by atoms with E-state index >= 15 is 0 Å². The zero-order valence-corrected chi connectivity index (χ0v) is 24.1. The molecule has 204 valence electrons. The third-order valence-corrected chi connectivity index (χ3v) is 9.51. The topological polar surface area (TPSA) is 106 Å². The summed E-state index contributed by atoms with van der Waals surface area (Å²) in [7, 11) is 1.95. The second kappa shape index (κ2) is 12.7. The van der Waals surface area contributed by atoms with E-state index in [1.54, 1.807) is 37.4 Å². The number of carbonyl (C=O) groups excluding carboxylic acids is 2. The van der Waals surface area contributed by atoms with Gasteiger partial charge in [0, 0.05) is 25.4 Å². The van der Waals surface area contributed by atoms with Crippen molar-refractivity contribution < 1.29 is 29.0 Å². The maximum Gasteiger partial charge on any atom is 0.312 e. The highest BCUT2D eigenvalue weighted by molar-refractivity contribution is 8.14. The molecule has 1 aromatic rings. The largest absolute Gasteiger partial charge is 0.481 e. The average Bonchev–Trinajstić information content (AvgIpc) is 3.43.